The number of aryl methyl sites for hydroxylation is 1. The average molecular weight is 404 g/mol. The Bertz CT molecular complexity index is 1230. The molecule has 1 fully saturated rings. The normalized spacial score (nSPS) is 15.5. The Balaban J connectivity index is 1.40. The predicted molar refractivity (Wildman–Crippen MR) is 111 cm³/mol. The van der Waals surface area contributed by atoms with E-state index in [-0.39, 0.29) is 17.7 Å². The van der Waals surface area contributed by atoms with E-state index in [1.165, 1.54) is 0 Å². The number of carbonyl (C=O) groups is 1. The number of pyridine rings is 2. The Morgan fingerprint density at radius 2 is 2.00 bits per heavy atom. The second-order valence-electron chi connectivity index (χ2n) is 8.25. The van der Waals surface area contributed by atoms with Crippen molar-refractivity contribution in [3.05, 3.63) is 53.2 Å². The van der Waals surface area contributed by atoms with Gasteiger partial charge in [0.2, 0.25) is 0 Å². The van der Waals surface area contributed by atoms with Crippen molar-refractivity contribution in [3.63, 3.8) is 0 Å². The van der Waals surface area contributed by atoms with Crippen LogP contribution in [0.15, 0.2) is 35.0 Å². The molecule has 4 aromatic heterocycles. The van der Waals surface area contributed by atoms with Crippen molar-refractivity contribution in [1.82, 2.24) is 29.6 Å². The van der Waals surface area contributed by atoms with E-state index in [1.807, 2.05) is 46.7 Å². The van der Waals surface area contributed by atoms with Gasteiger partial charge in [0.25, 0.3) is 11.6 Å². The minimum atomic E-state index is 0.0140. The number of nitrogens with zero attached hydrogens (tertiary/aromatic N) is 6. The summed E-state index contributed by atoms with van der Waals surface area (Å²) in [5.74, 6) is 1.46. The first-order valence-electron chi connectivity index (χ1n) is 10.4. The van der Waals surface area contributed by atoms with Gasteiger partial charge in [0, 0.05) is 30.9 Å². The molecule has 0 bridgehead atoms. The topological polar surface area (TPSA) is 89.4 Å². The Labute approximate surface area is 173 Å². The fraction of sp³-hybridized carbons (Fsp3) is 0.409. The minimum Gasteiger partial charge on any atom is -0.339 e. The standard InChI is InChI=1S/C22H24N6O2/c1-13(2)17-12-16(19-14(3)26-30-21(19)23-17)22(29)27-10-7-15(8-11-27)20-25-24-18-6-4-5-9-28(18)20/h4-6,9,12-13,15H,7-8,10-11H2,1-3H3. The molecule has 1 saturated heterocycles. The molecule has 5 rings (SSSR count). The molecule has 1 aliphatic rings. The molecule has 0 unspecified atom stereocenters. The Morgan fingerprint density at radius 1 is 1.20 bits per heavy atom. The quantitative estimate of drug-likeness (QED) is 0.517. The van der Waals surface area contributed by atoms with Gasteiger partial charge in [-0.3, -0.25) is 9.20 Å². The van der Waals surface area contributed by atoms with Crippen molar-refractivity contribution >= 4 is 22.7 Å². The van der Waals surface area contributed by atoms with Gasteiger partial charge in [-0.15, -0.1) is 10.2 Å². The fourth-order valence-corrected chi connectivity index (χ4v) is 4.23. The van der Waals surface area contributed by atoms with Gasteiger partial charge in [0.15, 0.2) is 5.65 Å². The number of aromatic nitrogens is 5. The highest BCUT2D eigenvalue weighted by Crippen LogP contribution is 2.30. The van der Waals surface area contributed by atoms with Gasteiger partial charge < -0.3 is 9.42 Å². The summed E-state index contributed by atoms with van der Waals surface area (Å²) in [6.45, 7) is 7.31. The molecule has 5 heterocycles. The number of hydrogen-bond donors (Lipinski definition) is 0. The van der Waals surface area contributed by atoms with Crippen LogP contribution < -0.4 is 0 Å². The molecule has 0 spiro atoms. The van der Waals surface area contributed by atoms with Crippen LogP contribution in [-0.2, 0) is 0 Å². The summed E-state index contributed by atoms with van der Waals surface area (Å²) in [5, 5.41) is 13.4. The van der Waals surface area contributed by atoms with E-state index < -0.39 is 0 Å². The zero-order chi connectivity index (χ0) is 20.8. The second-order valence-corrected chi connectivity index (χ2v) is 8.25. The predicted octanol–water partition coefficient (Wildman–Crippen LogP) is 3.72. The van der Waals surface area contributed by atoms with E-state index in [9.17, 15) is 4.79 Å². The number of rotatable bonds is 3. The summed E-state index contributed by atoms with van der Waals surface area (Å²) < 4.78 is 7.42. The SMILES string of the molecule is Cc1noc2nc(C(C)C)cc(C(=O)N3CCC(c4nnc5ccccn45)CC3)c12. The molecule has 0 saturated carbocycles. The van der Waals surface area contributed by atoms with Crippen molar-refractivity contribution < 1.29 is 9.32 Å². The molecule has 4 aromatic rings. The van der Waals surface area contributed by atoms with Gasteiger partial charge in [-0.25, -0.2) is 4.98 Å². The number of amides is 1. The lowest BCUT2D eigenvalue weighted by molar-refractivity contribution is 0.0712. The first-order chi connectivity index (χ1) is 14.5. The van der Waals surface area contributed by atoms with E-state index in [4.69, 9.17) is 4.52 Å². The molecule has 8 heteroatoms. The van der Waals surface area contributed by atoms with Crippen LogP contribution in [0.4, 0.5) is 0 Å². The van der Waals surface area contributed by atoms with Crippen molar-refractivity contribution in [2.75, 3.05) is 13.1 Å². The summed E-state index contributed by atoms with van der Waals surface area (Å²) in [6.07, 6.45) is 3.71. The zero-order valence-electron chi connectivity index (χ0n) is 17.4. The molecule has 1 amide bonds. The molecular weight excluding hydrogens is 380 g/mol. The first kappa shape index (κ1) is 18.7. The molecule has 154 valence electrons. The fourth-order valence-electron chi connectivity index (χ4n) is 4.23. The molecular formula is C22H24N6O2. The third-order valence-electron chi connectivity index (χ3n) is 5.95. The lowest BCUT2D eigenvalue weighted by Gasteiger charge is -2.31. The molecule has 0 aliphatic carbocycles. The van der Waals surface area contributed by atoms with Crippen LogP contribution in [0.3, 0.4) is 0 Å². The number of piperidine rings is 1. The first-order valence-corrected chi connectivity index (χ1v) is 10.4. The van der Waals surface area contributed by atoms with Crippen LogP contribution in [0.25, 0.3) is 16.7 Å². The second kappa shape index (κ2) is 7.19. The highest BCUT2D eigenvalue weighted by atomic mass is 16.5. The molecule has 0 N–H and O–H groups in total. The highest BCUT2D eigenvalue weighted by Gasteiger charge is 2.29. The van der Waals surface area contributed by atoms with Gasteiger partial charge in [0.1, 0.15) is 5.82 Å². The van der Waals surface area contributed by atoms with E-state index in [0.29, 0.717) is 30.1 Å². The highest BCUT2D eigenvalue weighted by molar-refractivity contribution is 6.06. The third kappa shape index (κ3) is 3.03. The zero-order valence-corrected chi connectivity index (χ0v) is 17.4. The van der Waals surface area contributed by atoms with Crippen LogP contribution >= 0.6 is 0 Å². The van der Waals surface area contributed by atoms with Crippen LogP contribution in [0.1, 0.15) is 66.1 Å². The third-order valence-corrected chi connectivity index (χ3v) is 5.95. The van der Waals surface area contributed by atoms with Gasteiger partial charge in [-0.1, -0.05) is 25.1 Å². The van der Waals surface area contributed by atoms with Gasteiger partial charge in [0.05, 0.1) is 16.6 Å². The summed E-state index contributed by atoms with van der Waals surface area (Å²) in [6, 6.07) is 7.80. The van der Waals surface area contributed by atoms with E-state index in [0.717, 1.165) is 35.4 Å². The number of likely N-dealkylation sites (tertiary alicyclic amines) is 1. The monoisotopic (exact) mass is 404 g/mol. The Morgan fingerprint density at radius 3 is 2.77 bits per heavy atom. The van der Waals surface area contributed by atoms with Crippen LogP contribution in [0.2, 0.25) is 0 Å². The van der Waals surface area contributed by atoms with Crippen LogP contribution in [0, 0.1) is 6.92 Å². The van der Waals surface area contributed by atoms with Gasteiger partial charge >= 0.3 is 0 Å². The van der Waals surface area contributed by atoms with Crippen LogP contribution in [-0.4, -0.2) is 48.6 Å². The molecule has 8 nitrogen and oxygen atoms in total. The lowest BCUT2D eigenvalue weighted by atomic mass is 9.95. The van der Waals surface area contributed by atoms with Gasteiger partial charge in [-0.05, 0) is 43.9 Å². The summed E-state index contributed by atoms with van der Waals surface area (Å²) in [4.78, 5) is 19.9. The molecule has 1 aliphatic heterocycles. The van der Waals surface area contributed by atoms with Crippen molar-refractivity contribution in [2.24, 2.45) is 0 Å². The van der Waals surface area contributed by atoms with Crippen molar-refractivity contribution in [3.8, 4) is 0 Å². The summed E-state index contributed by atoms with van der Waals surface area (Å²) >= 11 is 0. The molecule has 0 radical (unpaired) electrons. The Kier molecular flexibility index (Phi) is 4.49. The van der Waals surface area contributed by atoms with Crippen molar-refractivity contribution in [2.45, 2.75) is 45.4 Å². The summed E-state index contributed by atoms with van der Waals surface area (Å²) in [7, 11) is 0. The summed E-state index contributed by atoms with van der Waals surface area (Å²) in [5.41, 5.74) is 3.46. The maximum Gasteiger partial charge on any atom is 0.259 e. The lowest BCUT2D eigenvalue weighted by Crippen LogP contribution is -2.38. The smallest absolute Gasteiger partial charge is 0.259 e. The maximum absolute atomic E-state index is 13.4. The van der Waals surface area contributed by atoms with E-state index >= 15 is 0 Å². The Hall–Kier alpha value is -3.29. The molecule has 0 atom stereocenters. The number of fused-ring (bicyclic) bond motifs is 2. The number of hydrogen-bond acceptors (Lipinski definition) is 6. The van der Waals surface area contributed by atoms with Crippen molar-refractivity contribution in [1.29, 1.82) is 0 Å². The van der Waals surface area contributed by atoms with Crippen LogP contribution in [0.5, 0.6) is 0 Å². The average Bonchev–Trinajstić information content (AvgIpc) is 3.36. The minimum absolute atomic E-state index is 0.0140. The van der Waals surface area contributed by atoms with E-state index in [1.54, 1.807) is 0 Å². The molecule has 0 aromatic carbocycles. The largest absolute Gasteiger partial charge is 0.339 e. The van der Waals surface area contributed by atoms with E-state index in [2.05, 4.69) is 34.2 Å². The number of carbonyl (C=O) groups excluding carboxylic acids is 1. The van der Waals surface area contributed by atoms with Gasteiger partial charge in [-0.2, -0.15) is 0 Å². The molecule has 30 heavy (non-hydrogen) atoms. The maximum atomic E-state index is 13.4.